The molecule has 0 fully saturated rings. The van der Waals surface area contributed by atoms with E-state index in [0.717, 1.165) is 27.9 Å². The second kappa shape index (κ2) is 9.89. The van der Waals surface area contributed by atoms with E-state index in [0.29, 0.717) is 0 Å². The smallest absolute Gasteiger partial charge is 0.264 e. The van der Waals surface area contributed by atoms with E-state index < -0.39 is 10.0 Å². The normalized spacial score (nSPS) is 11.9. The minimum atomic E-state index is -3.79. The maximum atomic E-state index is 12.5. The highest BCUT2D eigenvalue weighted by Crippen LogP contribution is 2.31. The minimum Gasteiger partial charge on any atom is -0.369 e. The average Bonchev–Trinajstić information content (AvgIpc) is 2.84. The first-order chi connectivity index (χ1) is 16.3. The van der Waals surface area contributed by atoms with Crippen molar-refractivity contribution in [1.82, 2.24) is 9.71 Å². The van der Waals surface area contributed by atoms with E-state index in [-0.39, 0.29) is 17.4 Å². The molecule has 6 nitrogen and oxygen atoms in total. The summed E-state index contributed by atoms with van der Waals surface area (Å²) in [6.45, 7) is 4.28. The third kappa shape index (κ3) is 5.50. The maximum Gasteiger partial charge on any atom is 0.264 e. The average molecular weight is 471 g/mol. The fourth-order valence-corrected chi connectivity index (χ4v) is 4.47. The predicted molar refractivity (Wildman–Crippen MR) is 137 cm³/mol. The Labute approximate surface area is 200 Å². The molecule has 0 spiro atoms. The lowest BCUT2D eigenvalue weighted by atomic mass is 9.97. The third-order valence-electron chi connectivity index (χ3n) is 5.36. The van der Waals surface area contributed by atoms with Crippen molar-refractivity contribution in [2.45, 2.75) is 25.3 Å². The van der Waals surface area contributed by atoms with Crippen LogP contribution in [0.25, 0.3) is 22.4 Å². The van der Waals surface area contributed by atoms with Crippen molar-refractivity contribution >= 4 is 16.0 Å². The zero-order valence-corrected chi connectivity index (χ0v) is 19.9. The molecule has 0 aliphatic heterocycles. The van der Waals surface area contributed by atoms with Gasteiger partial charge in [0.2, 0.25) is 5.96 Å². The Kier molecular flexibility index (Phi) is 6.75. The van der Waals surface area contributed by atoms with Gasteiger partial charge in [-0.25, -0.2) is 18.1 Å². The number of benzene rings is 3. The van der Waals surface area contributed by atoms with E-state index in [2.05, 4.69) is 65.2 Å². The topological polar surface area (TPSA) is 97.4 Å². The van der Waals surface area contributed by atoms with Crippen LogP contribution in [0.2, 0.25) is 0 Å². The molecular formula is C27H26N4O2S. The van der Waals surface area contributed by atoms with E-state index in [1.165, 1.54) is 23.3 Å². The quantitative estimate of drug-likeness (QED) is 0.312. The van der Waals surface area contributed by atoms with Crippen LogP contribution in [-0.4, -0.2) is 19.4 Å². The molecule has 0 aliphatic rings. The van der Waals surface area contributed by atoms with Gasteiger partial charge in [-0.3, -0.25) is 4.98 Å². The molecule has 172 valence electrons. The van der Waals surface area contributed by atoms with Gasteiger partial charge in [0.15, 0.2) is 0 Å². The Morgan fingerprint density at radius 1 is 0.882 bits per heavy atom. The van der Waals surface area contributed by atoms with E-state index in [4.69, 9.17) is 10.7 Å². The zero-order valence-electron chi connectivity index (χ0n) is 19.1. The van der Waals surface area contributed by atoms with Gasteiger partial charge in [-0.1, -0.05) is 77.9 Å². The second-order valence-electron chi connectivity index (χ2n) is 8.09. The summed E-state index contributed by atoms with van der Waals surface area (Å²) in [6, 6.07) is 26.6. The molecule has 3 N–H and O–H groups in total. The Morgan fingerprint density at radius 2 is 1.47 bits per heavy atom. The Balaban J connectivity index is 1.63. The van der Waals surface area contributed by atoms with Crippen LogP contribution in [0.15, 0.2) is 101 Å². The summed E-state index contributed by atoms with van der Waals surface area (Å²) in [6.07, 6.45) is 1.75. The van der Waals surface area contributed by atoms with Crippen LogP contribution in [0, 0.1) is 13.8 Å². The van der Waals surface area contributed by atoms with Crippen LogP contribution >= 0.6 is 0 Å². The SMILES string of the molecule is Cc1ccc(-c2cc(CN=C(N)NS(=O)(=O)c3ccccc3)cnc2-c2ccc(C)cc2)cc1. The molecule has 0 saturated carbocycles. The van der Waals surface area contributed by atoms with E-state index in [9.17, 15) is 8.42 Å². The standard InChI is InChI=1S/C27H26N4O2S/c1-19-8-12-22(13-9-19)25-16-21(17-29-26(25)23-14-10-20(2)11-15-23)18-30-27(28)31-34(32,33)24-6-4-3-5-7-24/h3-17H,18H2,1-2H3,(H3,28,30,31). The monoisotopic (exact) mass is 470 g/mol. The van der Waals surface area contributed by atoms with Crippen molar-refractivity contribution in [2.24, 2.45) is 10.7 Å². The lowest BCUT2D eigenvalue weighted by Crippen LogP contribution is -2.36. The number of rotatable bonds is 6. The van der Waals surface area contributed by atoms with Gasteiger partial charge in [0.05, 0.1) is 17.1 Å². The maximum absolute atomic E-state index is 12.5. The van der Waals surface area contributed by atoms with E-state index in [1.807, 2.05) is 13.0 Å². The number of hydrogen-bond acceptors (Lipinski definition) is 4. The number of aromatic nitrogens is 1. The Bertz CT molecular complexity index is 1410. The first-order valence-electron chi connectivity index (χ1n) is 10.8. The summed E-state index contributed by atoms with van der Waals surface area (Å²) in [5.74, 6) is -0.177. The van der Waals surface area contributed by atoms with Gasteiger partial charge in [0, 0.05) is 17.3 Å². The summed E-state index contributed by atoms with van der Waals surface area (Å²) < 4.78 is 27.2. The van der Waals surface area contributed by atoms with Crippen LogP contribution in [0.4, 0.5) is 0 Å². The number of pyridine rings is 1. The number of nitrogens with two attached hydrogens (primary N) is 1. The van der Waals surface area contributed by atoms with Crippen LogP contribution in [-0.2, 0) is 16.6 Å². The van der Waals surface area contributed by atoms with Crippen molar-refractivity contribution in [3.8, 4) is 22.4 Å². The molecule has 3 aromatic carbocycles. The predicted octanol–water partition coefficient (Wildman–Crippen LogP) is 4.83. The number of nitrogens with one attached hydrogen (secondary N) is 1. The van der Waals surface area contributed by atoms with Crippen molar-refractivity contribution in [3.63, 3.8) is 0 Å². The summed E-state index contributed by atoms with van der Waals surface area (Å²) in [5.41, 5.74) is 13.0. The van der Waals surface area contributed by atoms with Gasteiger partial charge in [-0.15, -0.1) is 0 Å². The van der Waals surface area contributed by atoms with Gasteiger partial charge in [0.25, 0.3) is 10.0 Å². The molecular weight excluding hydrogens is 444 g/mol. The summed E-state index contributed by atoms with van der Waals surface area (Å²) >= 11 is 0. The molecule has 0 bridgehead atoms. The lowest BCUT2D eigenvalue weighted by Gasteiger charge is -2.12. The fraction of sp³-hybridized carbons (Fsp3) is 0.111. The third-order valence-corrected chi connectivity index (χ3v) is 6.73. The van der Waals surface area contributed by atoms with E-state index in [1.54, 1.807) is 24.4 Å². The van der Waals surface area contributed by atoms with Crippen molar-refractivity contribution in [3.05, 3.63) is 108 Å². The van der Waals surface area contributed by atoms with Crippen LogP contribution < -0.4 is 10.5 Å². The molecule has 1 aromatic heterocycles. The number of sulfonamides is 1. The minimum absolute atomic E-state index is 0.124. The molecule has 34 heavy (non-hydrogen) atoms. The van der Waals surface area contributed by atoms with Crippen LogP contribution in [0.5, 0.6) is 0 Å². The van der Waals surface area contributed by atoms with Gasteiger partial charge in [0.1, 0.15) is 0 Å². The van der Waals surface area contributed by atoms with Gasteiger partial charge in [-0.2, -0.15) is 0 Å². The van der Waals surface area contributed by atoms with Gasteiger partial charge < -0.3 is 5.73 Å². The number of aliphatic imine (C=N–C) groups is 1. The van der Waals surface area contributed by atoms with Crippen molar-refractivity contribution < 1.29 is 8.42 Å². The first kappa shape index (κ1) is 23.2. The molecule has 4 rings (SSSR count). The summed E-state index contributed by atoms with van der Waals surface area (Å²) in [5, 5.41) is 0. The molecule has 0 atom stereocenters. The van der Waals surface area contributed by atoms with Gasteiger partial charge in [-0.05, 0) is 43.2 Å². The molecule has 0 unspecified atom stereocenters. The molecule has 0 saturated heterocycles. The highest BCUT2D eigenvalue weighted by atomic mass is 32.2. The van der Waals surface area contributed by atoms with Crippen molar-refractivity contribution in [1.29, 1.82) is 0 Å². The van der Waals surface area contributed by atoms with Gasteiger partial charge >= 0.3 is 0 Å². The molecule has 0 aliphatic carbocycles. The second-order valence-corrected chi connectivity index (χ2v) is 9.77. The summed E-state index contributed by atoms with van der Waals surface area (Å²) in [4.78, 5) is 9.08. The lowest BCUT2D eigenvalue weighted by molar-refractivity contribution is 0.592. The Hall–Kier alpha value is -3.97. The molecule has 7 heteroatoms. The molecule has 1 heterocycles. The zero-order chi connectivity index (χ0) is 24.1. The highest BCUT2D eigenvalue weighted by molar-refractivity contribution is 7.90. The van der Waals surface area contributed by atoms with Crippen molar-refractivity contribution in [2.75, 3.05) is 0 Å². The van der Waals surface area contributed by atoms with Crippen LogP contribution in [0.1, 0.15) is 16.7 Å². The number of guanidine groups is 1. The molecule has 0 amide bonds. The summed E-state index contributed by atoms with van der Waals surface area (Å²) in [7, 11) is -3.79. The number of nitrogens with zero attached hydrogens (tertiary/aromatic N) is 2. The van der Waals surface area contributed by atoms with E-state index >= 15 is 0 Å². The largest absolute Gasteiger partial charge is 0.369 e. The fourth-order valence-electron chi connectivity index (χ4n) is 3.49. The van der Waals surface area contributed by atoms with Crippen LogP contribution in [0.3, 0.4) is 0 Å². The number of hydrogen-bond donors (Lipinski definition) is 2. The molecule has 4 aromatic rings. The highest BCUT2D eigenvalue weighted by Gasteiger charge is 2.15. The Morgan fingerprint density at radius 3 is 2.09 bits per heavy atom. The first-order valence-corrected chi connectivity index (χ1v) is 12.3. The number of aryl methyl sites for hydroxylation is 2. The molecule has 0 radical (unpaired) electrons.